The van der Waals surface area contributed by atoms with E-state index >= 15 is 0 Å². The summed E-state index contributed by atoms with van der Waals surface area (Å²) in [6.45, 7) is 0.380. The van der Waals surface area contributed by atoms with Crippen LogP contribution < -0.4 is 15.2 Å². The van der Waals surface area contributed by atoms with Crippen LogP contribution in [0.25, 0.3) is 0 Å². The number of nitrogens with two attached hydrogens (primary N) is 1. The lowest BCUT2D eigenvalue weighted by atomic mass is 10.4. The lowest BCUT2D eigenvalue weighted by Gasteiger charge is -2.04. The predicted molar refractivity (Wildman–Crippen MR) is 69.3 cm³/mol. The third kappa shape index (κ3) is 5.70. The van der Waals surface area contributed by atoms with Gasteiger partial charge in [0.25, 0.3) is 10.0 Å². The van der Waals surface area contributed by atoms with E-state index in [0.717, 1.165) is 6.26 Å². The average Bonchev–Trinajstić information content (AvgIpc) is 2.76. The fourth-order valence-corrected chi connectivity index (χ4v) is 2.77. The summed E-state index contributed by atoms with van der Waals surface area (Å²) in [5.41, 5.74) is 5.31. The Morgan fingerprint density at radius 3 is 2.32 bits per heavy atom. The third-order valence-corrected chi connectivity index (χ3v) is 4.17. The Kier molecular flexibility index (Phi) is 5.50. The molecule has 0 saturated heterocycles. The molecule has 10 heteroatoms. The fraction of sp³-hybridized carbons (Fsp3) is 0.556. The van der Waals surface area contributed by atoms with Crippen LogP contribution in [0, 0.1) is 0 Å². The summed E-state index contributed by atoms with van der Waals surface area (Å²) in [6.07, 6.45) is 1.37. The molecule has 0 aliphatic heterocycles. The second-order valence-corrected chi connectivity index (χ2v) is 7.37. The maximum Gasteiger partial charge on any atom is 0.273 e. The van der Waals surface area contributed by atoms with Crippen molar-refractivity contribution in [2.75, 3.05) is 19.3 Å². The van der Waals surface area contributed by atoms with Crippen LogP contribution in [0.4, 0.5) is 0 Å². The van der Waals surface area contributed by atoms with E-state index in [9.17, 15) is 16.8 Å². The number of nitrogens with one attached hydrogen (secondary N) is 2. The van der Waals surface area contributed by atoms with Gasteiger partial charge in [-0.25, -0.2) is 26.3 Å². The Morgan fingerprint density at radius 2 is 1.79 bits per heavy atom. The molecule has 0 atom stereocenters. The molecule has 1 aromatic heterocycles. The Morgan fingerprint density at radius 1 is 1.16 bits per heavy atom. The molecule has 0 amide bonds. The normalized spacial score (nSPS) is 12.7. The fourth-order valence-electron chi connectivity index (χ4n) is 1.24. The largest absolute Gasteiger partial charge is 0.447 e. The number of furan rings is 1. The molecular weight excluding hydrogens is 294 g/mol. The maximum absolute atomic E-state index is 11.7. The zero-order valence-electron chi connectivity index (χ0n) is 10.4. The topological polar surface area (TPSA) is 132 Å². The van der Waals surface area contributed by atoms with Crippen molar-refractivity contribution in [1.82, 2.24) is 9.44 Å². The average molecular weight is 311 g/mol. The van der Waals surface area contributed by atoms with Crippen LogP contribution in [0.5, 0.6) is 0 Å². The maximum atomic E-state index is 11.7. The lowest BCUT2D eigenvalue weighted by Crippen LogP contribution is -2.29. The summed E-state index contributed by atoms with van der Waals surface area (Å²) in [5, 5.41) is -0.205. The Balaban J connectivity index is 2.43. The molecular formula is C9H17N3O5S2. The monoisotopic (exact) mass is 311 g/mol. The van der Waals surface area contributed by atoms with Gasteiger partial charge in [-0.05, 0) is 18.6 Å². The van der Waals surface area contributed by atoms with Gasteiger partial charge in [-0.15, -0.1) is 0 Å². The van der Waals surface area contributed by atoms with E-state index < -0.39 is 20.0 Å². The molecule has 0 spiro atoms. The molecule has 0 unspecified atom stereocenters. The molecule has 110 valence electrons. The summed E-state index contributed by atoms with van der Waals surface area (Å²) < 4.78 is 54.6. The van der Waals surface area contributed by atoms with Gasteiger partial charge in [0.05, 0.1) is 12.8 Å². The van der Waals surface area contributed by atoms with Crippen molar-refractivity contribution in [1.29, 1.82) is 0 Å². The van der Waals surface area contributed by atoms with Gasteiger partial charge < -0.3 is 10.2 Å². The molecule has 0 bridgehead atoms. The summed E-state index contributed by atoms with van der Waals surface area (Å²) in [4.78, 5) is 0. The Hall–Kier alpha value is -0.940. The van der Waals surface area contributed by atoms with Crippen molar-refractivity contribution in [3.05, 3.63) is 17.9 Å². The van der Waals surface area contributed by atoms with Crippen molar-refractivity contribution in [3.63, 3.8) is 0 Å². The zero-order chi connectivity index (χ0) is 14.5. The summed E-state index contributed by atoms with van der Waals surface area (Å²) in [7, 11) is -6.97. The molecule has 1 rings (SSSR count). The first-order valence-corrected chi connectivity index (χ1v) is 8.85. The SMILES string of the molecule is CS(=O)(=O)NCCCNS(=O)(=O)c1ccc(CN)o1. The minimum atomic E-state index is -3.71. The molecule has 0 fully saturated rings. The molecule has 0 aliphatic rings. The van der Waals surface area contributed by atoms with Crippen LogP contribution >= 0.6 is 0 Å². The molecule has 1 heterocycles. The van der Waals surface area contributed by atoms with Gasteiger partial charge in [0.15, 0.2) is 0 Å². The van der Waals surface area contributed by atoms with E-state index in [1.807, 2.05) is 0 Å². The smallest absolute Gasteiger partial charge is 0.273 e. The highest BCUT2D eigenvalue weighted by Crippen LogP contribution is 2.12. The first kappa shape index (κ1) is 16.1. The molecule has 4 N–H and O–H groups in total. The van der Waals surface area contributed by atoms with Crippen molar-refractivity contribution in [2.24, 2.45) is 5.73 Å². The third-order valence-electron chi connectivity index (χ3n) is 2.11. The van der Waals surface area contributed by atoms with Crippen LogP contribution in [-0.2, 0) is 26.6 Å². The number of rotatable bonds is 8. The number of hydrogen-bond acceptors (Lipinski definition) is 6. The summed E-state index contributed by atoms with van der Waals surface area (Å²) >= 11 is 0. The highest BCUT2D eigenvalue weighted by atomic mass is 32.2. The molecule has 0 aromatic carbocycles. The van der Waals surface area contributed by atoms with Gasteiger partial charge in [0.1, 0.15) is 5.76 Å². The Labute approximate surface area is 112 Å². The van der Waals surface area contributed by atoms with Gasteiger partial charge in [-0.3, -0.25) is 0 Å². The summed E-state index contributed by atoms with van der Waals surface area (Å²) in [6, 6.07) is 2.80. The van der Waals surface area contributed by atoms with E-state index in [-0.39, 0.29) is 24.7 Å². The molecule has 8 nitrogen and oxygen atoms in total. The van der Waals surface area contributed by atoms with Gasteiger partial charge in [0, 0.05) is 13.1 Å². The van der Waals surface area contributed by atoms with E-state index in [1.165, 1.54) is 12.1 Å². The predicted octanol–water partition coefficient (Wildman–Crippen LogP) is -1.04. The first-order valence-electron chi connectivity index (χ1n) is 5.48. The van der Waals surface area contributed by atoms with Crippen LogP contribution in [-0.4, -0.2) is 36.2 Å². The second-order valence-electron chi connectivity index (χ2n) is 3.84. The van der Waals surface area contributed by atoms with Crippen LogP contribution in [0.1, 0.15) is 12.2 Å². The quantitative estimate of drug-likeness (QED) is 0.525. The molecule has 19 heavy (non-hydrogen) atoms. The highest BCUT2D eigenvalue weighted by Gasteiger charge is 2.17. The minimum Gasteiger partial charge on any atom is -0.447 e. The number of sulfonamides is 2. The molecule has 0 radical (unpaired) electrons. The van der Waals surface area contributed by atoms with E-state index in [4.69, 9.17) is 10.2 Å². The standard InChI is InChI=1S/C9H17N3O5S2/c1-18(13,14)11-5-2-6-12-19(15,16)9-4-3-8(7-10)17-9/h3-4,11-12H,2,5-7,10H2,1H3. The lowest BCUT2D eigenvalue weighted by molar-refractivity contribution is 0.412. The van der Waals surface area contributed by atoms with Crippen LogP contribution in [0.15, 0.2) is 21.6 Å². The molecule has 0 saturated carbocycles. The molecule has 0 aliphatic carbocycles. The van der Waals surface area contributed by atoms with Crippen LogP contribution in [0.2, 0.25) is 0 Å². The van der Waals surface area contributed by atoms with Crippen molar-refractivity contribution < 1.29 is 21.3 Å². The minimum absolute atomic E-state index is 0.101. The second kappa shape index (κ2) is 6.48. The van der Waals surface area contributed by atoms with Crippen molar-refractivity contribution >= 4 is 20.0 Å². The van der Waals surface area contributed by atoms with Gasteiger partial charge in [-0.2, -0.15) is 0 Å². The van der Waals surface area contributed by atoms with E-state index in [0.29, 0.717) is 12.2 Å². The number of hydrogen-bond donors (Lipinski definition) is 3. The zero-order valence-corrected chi connectivity index (χ0v) is 12.1. The van der Waals surface area contributed by atoms with Gasteiger partial charge in [-0.1, -0.05) is 0 Å². The first-order chi connectivity index (χ1) is 8.74. The van der Waals surface area contributed by atoms with Gasteiger partial charge in [0.2, 0.25) is 15.1 Å². The van der Waals surface area contributed by atoms with E-state index in [2.05, 4.69) is 9.44 Å². The van der Waals surface area contributed by atoms with Gasteiger partial charge >= 0.3 is 0 Å². The van der Waals surface area contributed by atoms with Crippen molar-refractivity contribution in [3.8, 4) is 0 Å². The van der Waals surface area contributed by atoms with Crippen LogP contribution in [0.3, 0.4) is 0 Å². The highest BCUT2D eigenvalue weighted by molar-refractivity contribution is 7.89. The Bertz CT molecular complexity index is 606. The van der Waals surface area contributed by atoms with E-state index in [1.54, 1.807) is 0 Å². The molecule has 1 aromatic rings. The summed E-state index contributed by atoms with van der Waals surface area (Å²) in [5.74, 6) is 0.374. The van der Waals surface area contributed by atoms with Crippen molar-refractivity contribution in [2.45, 2.75) is 18.1 Å².